The second-order valence-corrected chi connectivity index (χ2v) is 9.58. The van der Waals surface area contributed by atoms with Crippen molar-refractivity contribution >= 4 is 10.1 Å². The maximum atomic E-state index is 10.4. The van der Waals surface area contributed by atoms with E-state index < -0.39 is 16.2 Å². The van der Waals surface area contributed by atoms with Gasteiger partial charge >= 0.3 is 0 Å². The molecule has 2 aliphatic carbocycles. The lowest BCUT2D eigenvalue weighted by molar-refractivity contribution is -0.0453. The average molecular weight is 410 g/mol. The number of nitrogens with two attached hydrogens (primary N) is 1. The number of hydrogen-bond donors (Lipinski definition) is 4. The summed E-state index contributed by atoms with van der Waals surface area (Å²) in [7, 11) is -1.61. The SMILES string of the molecule is CN1CC[C@]23c4c5ccc(O)c4O[C@H]2[C@@H](O)C=C[C@H]3[C@H]1C5.NCCS(=O)(=O)O. The third kappa shape index (κ3) is 2.84. The third-order valence-electron chi connectivity index (χ3n) is 6.53. The molecule has 1 aromatic carbocycles. The number of aliphatic hydroxyl groups excluding tert-OH is 1. The Labute approximate surface area is 164 Å². The van der Waals surface area contributed by atoms with E-state index in [-0.39, 0.29) is 29.6 Å². The van der Waals surface area contributed by atoms with E-state index in [2.05, 4.69) is 18.0 Å². The fourth-order valence-electron chi connectivity index (χ4n) is 5.39. The van der Waals surface area contributed by atoms with Gasteiger partial charge in [0.15, 0.2) is 11.5 Å². The molecule has 1 aromatic rings. The van der Waals surface area contributed by atoms with E-state index in [4.69, 9.17) is 15.0 Å². The van der Waals surface area contributed by atoms with Crippen molar-refractivity contribution in [2.45, 2.75) is 36.5 Å². The van der Waals surface area contributed by atoms with Gasteiger partial charge in [-0.2, -0.15) is 8.42 Å². The molecule has 0 unspecified atom stereocenters. The smallest absolute Gasteiger partial charge is 0.266 e. The number of ether oxygens (including phenoxy) is 1. The maximum Gasteiger partial charge on any atom is 0.266 e. The number of benzene rings is 1. The van der Waals surface area contributed by atoms with Crippen molar-refractivity contribution in [2.24, 2.45) is 11.7 Å². The highest BCUT2D eigenvalue weighted by Crippen LogP contribution is 2.62. The van der Waals surface area contributed by atoms with Gasteiger partial charge in [0.25, 0.3) is 10.1 Å². The molecule has 1 fully saturated rings. The fourth-order valence-corrected chi connectivity index (χ4v) is 5.69. The Morgan fingerprint density at radius 1 is 1.36 bits per heavy atom. The van der Waals surface area contributed by atoms with E-state index in [1.807, 2.05) is 12.1 Å². The van der Waals surface area contributed by atoms with Crippen LogP contribution in [0, 0.1) is 5.92 Å². The second-order valence-electron chi connectivity index (χ2n) is 8.00. The first-order valence-corrected chi connectivity index (χ1v) is 11.0. The number of rotatable bonds is 2. The van der Waals surface area contributed by atoms with Gasteiger partial charge in [0.2, 0.25) is 0 Å². The Balaban J connectivity index is 0.000000239. The summed E-state index contributed by atoms with van der Waals surface area (Å²) in [5.74, 6) is 0.835. The van der Waals surface area contributed by atoms with E-state index in [1.165, 1.54) is 11.1 Å². The summed E-state index contributed by atoms with van der Waals surface area (Å²) in [4.78, 5) is 2.43. The topological polar surface area (TPSA) is 133 Å². The average Bonchev–Trinajstić information content (AvgIpc) is 2.97. The number of likely N-dealkylation sites (tertiary alicyclic amines) is 1. The molecule has 5 rings (SSSR count). The molecule has 0 aromatic heterocycles. The molecule has 5 atom stereocenters. The van der Waals surface area contributed by atoms with Gasteiger partial charge in [0, 0.05) is 29.5 Å². The van der Waals surface area contributed by atoms with Crippen LogP contribution in [0.5, 0.6) is 11.5 Å². The molecule has 154 valence electrons. The minimum absolute atomic E-state index is 0.0289. The highest BCUT2D eigenvalue weighted by molar-refractivity contribution is 7.85. The predicted molar refractivity (Wildman–Crippen MR) is 103 cm³/mol. The van der Waals surface area contributed by atoms with Gasteiger partial charge in [-0.3, -0.25) is 4.55 Å². The molecular weight excluding hydrogens is 384 g/mol. The highest BCUT2D eigenvalue weighted by Gasteiger charge is 2.64. The molecule has 28 heavy (non-hydrogen) atoms. The Hall–Kier alpha value is -1.65. The maximum absolute atomic E-state index is 10.4. The van der Waals surface area contributed by atoms with Gasteiger partial charge in [-0.15, -0.1) is 0 Å². The zero-order chi connectivity index (χ0) is 20.3. The lowest BCUT2D eigenvalue weighted by atomic mass is 9.53. The molecule has 2 aliphatic heterocycles. The van der Waals surface area contributed by atoms with Crippen LogP contribution in [0.2, 0.25) is 0 Å². The summed E-state index contributed by atoms with van der Waals surface area (Å²) in [6, 6.07) is 4.23. The van der Waals surface area contributed by atoms with Crippen molar-refractivity contribution < 1.29 is 27.9 Å². The van der Waals surface area contributed by atoms with Gasteiger partial charge in [-0.1, -0.05) is 18.2 Å². The van der Waals surface area contributed by atoms with E-state index in [0.29, 0.717) is 17.7 Å². The van der Waals surface area contributed by atoms with Crippen LogP contribution < -0.4 is 10.5 Å². The van der Waals surface area contributed by atoms with Gasteiger partial charge < -0.3 is 25.6 Å². The van der Waals surface area contributed by atoms with Gasteiger partial charge in [-0.05, 0) is 38.1 Å². The summed E-state index contributed by atoms with van der Waals surface area (Å²) >= 11 is 0. The van der Waals surface area contributed by atoms with Crippen molar-refractivity contribution in [3.8, 4) is 11.5 Å². The molecule has 0 amide bonds. The van der Waals surface area contributed by atoms with E-state index in [0.717, 1.165) is 19.4 Å². The lowest BCUT2D eigenvalue weighted by Crippen LogP contribution is -2.64. The summed E-state index contributed by atoms with van der Waals surface area (Å²) in [5, 5.41) is 20.6. The molecule has 8 nitrogen and oxygen atoms in total. The van der Waals surface area contributed by atoms with Crippen molar-refractivity contribution in [2.75, 3.05) is 25.9 Å². The molecule has 1 saturated heterocycles. The zero-order valence-electron chi connectivity index (χ0n) is 15.7. The van der Waals surface area contributed by atoms with Crippen molar-refractivity contribution in [3.63, 3.8) is 0 Å². The highest BCUT2D eigenvalue weighted by atomic mass is 32.2. The van der Waals surface area contributed by atoms with Crippen LogP contribution in [0.15, 0.2) is 24.3 Å². The van der Waals surface area contributed by atoms with Crippen LogP contribution in [-0.2, 0) is 22.0 Å². The number of phenols is 1. The van der Waals surface area contributed by atoms with Crippen LogP contribution in [-0.4, -0.2) is 72.2 Å². The normalized spacial score (nSPS) is 34.9. The second kappa shape index (κ2) is 6.70. The molecule has 9 heteroatoms. The Morgan fingerprint density at radius 3 is 2.75 bits per heavy atom. The third-order valence-corrected chi connectivity index (χ3v) is 7.28. The minimum atomic E-state index is -3.80. The summed E-state index contributed by atoms with van der Waals surface area (Å²) in [6.45, 7) is 0.981. The van der Waals surface area contributed by atoms with E-state index >= 15 is 0 Å². The minimum Gasteiger partial charge on any atom is -0.504 e. The monoisotopic (exact) mass is 410 g/mol. The van der Waals surface area contributed by atoms with Gasteiger partial charge in [0.05, 0.1) is 5.75 Å². The first-order valence-electron chi connectivity index (χ1n) is 9.43. The van der Waals surface area contributed by atoms with E-state index in [9.17, 15) is 18.6 Å². The number of hydrogen-bond acceptors (Lipinski definition) is 7. The number of phenolic OH excluding ortho intramolecular Hbond substituents is 1. The summed E-state index contributed by atoms with van der Waals surface area (Å²) < 4.78 is 33.4. The van der Waals surface area contributed by atoms with E-state index in [1.54, 1.807) is 6.07 Å². The Bertz CT molecular complexity index is 917. The molecule has 0 saturated carbocycles. The zero-order valence-corrected chi connectivity index (χ0v) is 16.5. The van der Waals surface area contributed by atoms with Crippen molar-refractivity contribution in [1.29, 1.82) is 0 Å². The first-order chi connectivity index (χ1) is 13.2. The Morgan fingerprint density at radius 2 is 2.11 bits per heavy atom. The fraction of sp³-hybridized carbons (Fsp3) is 0.579. The van der Waals surface area contributed by atoms with Crippen LogP contribution >= 0.6 is 0 Å². The molecule has 5 N–H and O–H groups in total. The van der Waals surface area contributed by atoms with Crippen LogP contribution in [0.25, 0.3) is 0 Å². The molecule has 2 heterocycles. The molecule has 1 spiro atoms. The summed E-state index contributed by atoms with van der Waals surface area (Å²) in [6.07, 6.45) is 5.18. The predicted octanol–water partition coefficient (Wildman–Crippen LogP) is 0.0310. The number of aromatic hydroxyl groups is 1. The van der Waals surface area contributed by atoms with Crippen LogP contribution in [0.3, 0.4) is 0 Å². The Kier molecular flexibility index (Phi) is 4.71. The van der Waals surface area contributed by atoms with Crippen molar-refractivity contribution in [1.82, 2.24) is 4.90 Å². The van der Waals surface area contributed by atoms with Gasteiger partial charge in [-0.25, -0.2) is 0 Å². The van der Waals surface area contributed by atoms with Crippen molar-refractivity contribution in [3.05, 3.63) is 35.4 Å². The standard InChI is InChI=1S/C17H19NO3.C2H7NO3S/c1-18-7-6-17-10-3-5-13(20)16(17)21-15-12(19)4-2-9(14(15)17)8-11(10)18;3-1-2-7(4,5)6/h2-5,10-11,13,16,19-20H,6-8H2,1H3;1-3H2,(H,4,5,6)/t10-,11+,13-,16-,17-;/m0./s1. The number of likely N-dealkylation sites (N-methyl/N-ethyl adjacent to an activating group) is 1. The van der Waals surface area contributed by atoms with Gasteiger partial charge in [0.1, 0.15) is 12.2 Å². The lowest BCUT2D eigenvalue weighted by Gasteiger charge is -2.56. The molecule has 2 bridgehead atoms. The quantitative estimate of drug-likeness (QED) is 0.396. The molecular formula is C19H26N2O6S. The number of piperidine rings is 1. The number of aliphatic hydroxyl groups is 1. The largest absolute Gasteiger partial charge is 0.504 e. The molecule has 4 aliphatic rings. The molecule has 0 radical (unpaired) electrons. The van der Waals surface area contributed by atoms with Crippen LogP contribution in [0.4, 0.5) is 0 Å². The summed E-state index contributed by atoms with van der Waals surface area (Å²) in [5.41, 5.74) is 7.07. The first kappa shape index (κ1) is 19.7. The van der Waals surface area contributed by atoms with Crippen LogP contribution in [0.1, 0.15) is 17.5 Å². The number of nitrogens with zero attached hydrogens (tertiary/aromatic N) is 1.